The van der Waals surface area contributed by atoms with Crippen molar-refractivity contribution < 1.29 is 4.39 Å². The van der Waals surface area contributed by atoms with E-state index in [1.807, 2.05) is 6.07 Å². The molecule has 0 aromatic heterocycles. The minimum absolute atomic E-state index is 0.327. The van der Waals surface area contributed by atoms with Crippen LogP contribution in [-0.4, -0.2) is 0 Å². The lowest BCUT2D eigenvalue weighted by Gasteiger charge is -2.07. The molecule has 0 heterocycles. The SMILES string of the molecule is N#Cc1ccc(F)c(CSc2cc(Cl)ccc2N)c1. The molecule has 0 amide bonds. The predicted octanol–water partition coefficient (Wildman–Crippen LogP) is 4.23. The molecule has 0 saturated heterocycles. The van der Waals surface area contributed by atoms with Crippen molar-refractivity contribution in [1.82, 2.24) is 0 Å². The number of hydrogen-bond acceptors (Lipinski definition) is 3. The highest BCUT2D eigenvalue weighted by Crippen LogP contribution is 2.31. The van der Waals surface area contributed by atoms with Crippen molar-refractivity contribution in [1.29, 1.82) is 5.26 Å². The van der Waals surface area contributed by atoms with Crippen molar-refractivity contribution in [3.05, 3.63) is 58.4 Å². The molecule has 0 unspecified atom stereocenters. The molecule has 0 spiro atoms. The third-order valence-electron chi connectivity index (χ3n) is 2.53. The van der Waals surface area contributed by atoms with E-state index < -0.39 is 0 Å². The zero-order valence-electron chi connectivity index (χ0n) is 9.86. The lowest BCUT2D eigenvalue weighted by atomic mass is 10.1. The second-order valence-corrected chi connectivity index (χ2v) is 5.34. The lowest BCUT2D eigenvalue weighted by molar-refractivity contribution is 0.617. The highest BCUT2D eigenvalue weighted by Gasteiger charge is 2.07. The van der Waals surface area contributed by atoms with Gasteiger partial charge < -0.3 is 5.73 Å². The molecule has 2 rings (SSSR count). The van der Waals surface area contributed by atoms with Crippen molar-refractivity contribution in [2.75, 3.05) is 5.73 Å². The molecule has 0 radical (unpaired) electrons. The van der Waals surface area contributed by atoms with Gasteiger partial charge in [-0.1, -0.05) is 11.6 Å². The van der Waals surface area contributed by atoms with E-state index in [2.05, 4.69) is 0 Å². The van der Waals surface area contributed by atoms with Crippen molar-refractivity contribution in [3.8, 4) is 6.07 Å². The number of nitriles is 1. The van der Waals surface area contributed by atoms with Gasteiger partial charge in [0.15, 0.2) is 0 Å². The summed E-state index contributed by atoms with van der Waals surface area (Å²) in [6, 6.07) is 11.5. The minimum atomic E-state index is -0.327. The summed E-state index contributed by atoms with van der Waals surface area (Å²) in [5, 5.41) is 9.39. The summed E-state index contributed by atoms with van der Waals surface area (Å²) in [4.78, 5) is 0.800. The first-order valence-corrected chi connectivity index (χ1v) is 6.83. The molecule has 2 nitrogen and oxygen atoms in total. The smallest absolute Gasteiger partial charge is 0.127 e. The van der Waals surface area contributed by atoms with E-state index in [4.69, 9.17) is 22.6 Å². The molecule has 0 atom stereocenters. The number of thioether (sulfide) groups is 1. The monoisotopic (exact) mass is 292 g/mol. The van der Waals surface area contributed by atoms with E-state index in [-0.39, 0.29) is 5.82 Å². The van der Waals surface area contributed by atoms with Crippen LogP contribution < -0.4 is 5.73 Å². The fourth-order valence-electron chi connectivity index (χ4n) is 1.54. The van der Waals surface area contributed by atoms with Crippen molar-refractivity contribution in [2.24, 2.45) is 0 Å². The number of hydrogen-bond donors (Lipinski definition) is 1. The summed E-state index contributed by atoms with van der Waals surface area (Å²) in [7, 11) is 0. The van der Waals surface area contributed by atoms with Gasteiger partial charge >= 0.3 is 0 Å². The molecule has 0 aliphatic rings. The third-order valence-corrected chi connectivity index (χ3v) is 3.89. The van der Waals surface area contributed by atoms with Crippen LogP contribution in [0.25, 0.3) is 0 Å². The number of nitrogens with two attached hydrogens (primary N) is 1. The number of rotatable bonds is 3. The van der Waals surface area contributed by atoms with E-state index in [1.165, 1.54) is 23.9 Å². The number of nitrogens with zero attached hydrogens (tertiary/aromatic N) is 1. The van der Waals surface area contributed by atoms with Crippen LogP contribution in [0.4, 0.5) is 10.1 Å². The maximum atomic E-state index is 13.6. The molecule has 2 aromatic carbocycles. The molecular formula is C14H10ClFN2S. The largest absolute Gasteiger partial charge is 0.398 e. The molecule has 0 aliphatic carbocycles. The molecule has 0 fully saturated rings. The average molecular weight is 293 g/mol. The molecule has 2 N–H and O–H groups in total. The highest BCUT2D eigenvalue weighted by atomic mass is 35.5. The van der Waals surface area contributed by atoms with Crippen molar-refractivity contribution in [2.45, 2.75) is 10.6 Å². The Morgan fingerprint density at radius 2 is 2.05 bits per heavy atom. The van der Waals surface area contributed by atoms with Crippen molar-refractivity contribution in [3.63, 3.8) is 0 Å². The predicted molar refractivity (Wildman–Crippen MR) is 76.5 cm³/mol. The Labute approximate surface area is 120 Å². The molecule has 19 heavy (non-hydrogen) atoms. The van der Waals surface area contributed by atoms with Gasteiger partial charge in [-0.3, -0.25) is 0 Å². The molecular weight excluding hydrogens is 283 g/mol. The maximum absolute atomic E-state index is 13.6. The third kappa shape index (κ3) is 3.40. The fourth-order valence-corrected chi connectivity index (χ4v) is 2.76. The molecule has 2 aromatic rings. The lowest BCUT2D eigenvalue weighted by Crippen LogP contribution is -1.92. The Kier molecular flexibility index (Phi) is 4.31. The topological polar surface area (TPSA) is 49.8 Å². The van der Waals surface area contributed by atoms with Crippen LogP contribution in [0.15, 0.2) is 41.3 Å². The van der Waals surface area contributed by atoms with Gasteiger partial charge in [0.05, 0.1) is 11.6 Å². The fraction of sp³-hybridized carbons (Fsp3) is 0.0714. The summed E-state index contributed by atoms with van der Waals surface area (Å²) in [6.07, 6.45) is 0. The zero-order valence-corrected chi connectivity index (χ0v) is 11.4. The Balaban J connectivity index is 2.19. The van der Waals surface area contributed by atoms with Crippen LogP contribution in [0.1, 0.15) is 11.1 Å². The van der Waals surface area contributed by atoms with E-state index in [0.29, 0.717) is 27.6 Å². The van der Waals surface area contributed by atoms with Crippen LogP contribution in [-0.2, 0) is 5.75 Å². The van der Waals surface area contributed by atoms with Crippen molar-refractivity contribution >= 4 is 29.1 Å². The summed E-state index contributed by atoms with van der Waals surface area (Å²) in [5.74, 6) is 0.0680. The molecule has 0 bridgehead atoms. The van der Waals surface area contributed by atoms with Crippen LogP contribution in [0.2, 0.25) is 5.02 Å². The summed E-state index contributed by atoms with van der Waals surface area (Å²) in [6.45, 7) is 0. The Morgan fingerprint density at radius 3 is 2.79 bits per heavy atom. The standard InChI is InChI=1S/C14H10ClFN2S/c15-11-2-4-13(18)14(6-11)19-8-10-5-9(7-17)1-3-12(10)16/h1-6H,8,18H2. The Bertz CT molecular complexity index is 652. The molecule has 0 saturated carbocycles. The average Bonchev–Trinajstić information content (AvgIpc) is 2.41. The number of nitrogen functional groups attached to an aromatic ring is 1. The van der Waals surface area contributed by atoms with Gasteiger partial charge in [-0.05, 0) is 42.0 Å². The summed E-state index contributed by atoms with van der Waals surface area (Å²) >= 11 is 7.28. The van der Waals surface area contributed by atoms with Gasteiger partial charge in [-0.25, -0.2) is 4.39 Å². The van der Waals surface area contributed by atoms with E-state index in [1.54, 1.807) is 24.3 Å². The minimum Gasteiger partial charge on any atom is -0.398 e. The number of benzene rings is 2. The number of halogens is 2. The Morgan fingerprint density at radius 1 is 1.26 bits per heavy atom. The van der Waals surface area contributed by atoms with Gasteiger partial charge in [0, 0.05) is 21.4 Å². The van der Waals surface area contributed by atoms with E-state index >= 15 is 0 Å². The van der Waals surface area contributed by atoms with Gasteiger partial charge in [-0.15, -0.1) is 11.8 Å². The maximum Gasteiger partial charge on any atom is 0.127 e. The number of anilines is 1. The normalized spacial score (nSPS) is 10.2. The zero-order chi connectivity index (χ0) is 13.8. The van der Waals surface area contributed by atoms with Gasteiger partial charge in [-0.2, -0.15) is 5.26 Å². The first kappa shape index (κ1) is 13.7. The van der Waals surface area contributed by atoms with Crippen LogP contribution >= 0.6 is 23.4 Å². The van der Waals surface area contributed by atoms with E-state index in [9.17, 15) is 4.39 Å². The van der Waals surface area contributed by atoms with Crippen LogP contribution in [0, 0.1) is 17.1 Å². The first-order chi connectivity index (χ1) is 9.10. The van der Waals surface area contributed by atoms with E-state index in [0.717, 1.165) is 4.90 Å². The summed E-state index contributed by atoms with van der Waals surface area (Å²) in [5.41, 5.74) is 7.34. The Hall–Kier alpha value is -1.70. The highest BCUT2D eigenvalue weighted by molar-refractivity contribution is 7.98. The first-order valence-electron chi connectivity index (χ1n) is 5.46. The second kappa shape index (κ2) is 5.96. The molecule has 0 aliphatic heterocycles. The van der Waals surface area contributed by atoms with Gasteiger partial charge in [0.2, 0.25) is 0 Å². The van der Waals surface area contributed by atoms with Gasteiger partial charge in [0.1, 0.15) is 5.82 Å². The summed E-state index contributed by atoms with van der Waals surface area (Å²) < 4.78 is 13.6. The second-order valence-electron chi connectivity index (χ2n) is 3.89. The van der Waals surface area contributed by atoms with Crippen LogP contribution in [0.5, 0.6) is 0 Å². The quantitative estimate of drug-likeness (QED) is 0.680. The van der Waals surface area contributed by atoms with Gasteiger partial charge in [0.25, 0.3) is 0 Å². The van der Waals surface area contributed by atoms with Crippen LogP contribution in [0.3, 0.4) is 0 Å². The molecule has 96 valence electrons. The molecule has 5 heteroatoms.